The Kier molecular flexibility index (Phi) is 5.16. The van der Waals surface area contributed by atoms with Crippen LogP contribution in [-0.2, 0) is 17.8 Å². The number of aryl methyl sites for hydroxylation is 1. The summed E-state index contributed by atoms with van der Waals surface area (Å²) in [7, 11) is 3.23. The molecule has 0 unspecified atom stereocenters. The summed E-state index contributed by atoms with van der Waals surface area (Å²) in [5.74, 6) is 2.75. The number of hydrogen-bond acceptors (Lipinski definition) is 5. The summed E-state index contributed by atoms with van der Waals surface area (Å²) in [5.41, 5.74) is 3.76. The Morgan fingerprint density at radius 2 is 1.79 bits per heavy atom. The molecule has 0 saturated heterocycles. The van der Waals surface area contributed by atoms with E-state index in [4.69, 9.17) is 14.5 Å². The average molecular weight is 389 g/mol. The zero-order valence-electron chi connectivity index (χ0n) is 16.8. The Labute approximate surface area is 170 Å². The number of carbonyl (C=O) groups excluding carboxylic acids is 1. The van der Waals surface area contributed by atoms with Crippen LogP contribution in [0.3, 0.4) is 0 Å². The normalized spacial score (nSPS) is 13.2. The lowest BCUT2D eigenvalue weighted by atomic mass is 10.0. The van der Waals surface area contributed by atoms with E-state index in [0.717, 1.165) is 22.4 Å². The lowest BCUT2D eigenvalue weighted by Crippen LogP contribution is -2.36. The van der Waals surface area contributed by atoms with Gasteiger partial charge in [0.15, 0.2) is 5.82 Å². The van der Waals surface area contributed by atoms with Gasteiger partial charge in [-0.1, -0.05) is 30.3 Å². The van der Waals surface area contributed by atoms with Crippen LogP contribution >= 0.6 is 0 Å². The van der Waals surface area contributed by atoms with Crippen molar-refractivity contribution >= 4 is 11.7 Å². The van der Waals surface area contributed by atoms with E-state index in [0.29, 0.717) is 42.5 Å². The van der Waals surface area contributed by atoms with Gasteiger partial charge in [-0.05, 0) is 25.5 Å². The van der Waals surface area contributed by atoms with Crippen molar-refractivity contribution in [3.05, 3.63) is 65.4 Å². The molecule has 0 fully saturated rings. The fourth-order valence-corrected chi connectivity index (χ4v) is 3.61. The topological polar surface area (TPSA) is 64.5 Å². The first-order valence-corrected chi connectivity index (χ1v) is 9.55. The molecule has 3 aromatic rings. The number of benzene rings is 2. The first-order valence-electron chi connectivity index (χ1n) is 9.55. The van der Waals surface area contributed by atoms with Crippen LogP contribution in [-0.4, -0.2) is 30.1 Å². The predicted octanol–water partition coefficient (Wildman–Crippen LogP) is 3.95. The number of carbonyl (C=O) groups is 1. The van der Waals surface area contributed by atoms with Crippen LogP contribution in [0.4, 0.5) is 5.82 Å². The molecule has 0 atom stereocenters. The van der Waals surface area contributed by atoms with Gasteiger partial charge in [0.1, 0.15) is 17.3 Å². The van der Waals surface area contributed by atoms with Crippen molar-refractivity contribution in [3.8, 4) is 22.9 Å². The first-order chi connectivity index (χ1) is 14.1. The van der Waals surface area contributed by atoms with Crippen molar-refractivity contribution < 1.29 is 14.3 Å². The minimum atomic E-state index is 0.0486. The van der Waals surface area contributed by atoms with E-state index in [1.165, 1.54) is 0 Å². The highest BCUT2D eigenvalue weighted by Gasteiger charge is 2.29. The maximum Gasteiger partial charge on any atom is 0.228 e. The lowest BCUT2D eigenvalue weighted by Gasteiger charge is -2.30. The molecule has 1 aliphatic rings. The van der Waals surface area contributed by atoms with E-state index >= 15 is 0 Å². The maximum absolute atomic E-state index is 12.8. The van der Waals surface area contributed by atoms with Gasteiger partial charge in [-0.25, -0.2) is 9.97 Å². The molecular formula is C23H23N3O3. The number of amides is 1. The Hall–Kier alpha value is -3.41. The van der Waals surface area contributed by atoms with Gasteiger partial charge >= 0.3 is 0 Å². The van der Waals surface area contributed by atoms with Gasteiger partial charge in [0.25, 0.3) is 0 Å². The summed E-state index contributed by atoms with van der Waals surface area (Å²) in [5, 5.41) is 0. The number of anilines is 1. The van der Waals surface area contributed by atoms with Crippen LogP contribution in [0.1, 0.15) is 23.2 Å². The van der Waals surface area contributed by atoms with Gasteiger partial charge in [-0.15, -0.1) is 0 Å². The molecule has 0 aliphatic carbocycles. The van der Waals surface area contributed by atoms with Gasteiger partial charge in [-0.3, -0.25) is 9.69 Å². The van der Waals surface area contributed by atoms with Crippen molar-refractivity contribution in [2.45, 2.75) is 26.3 Å². The number of methoxy groups -OCH3 is 2. The predicted molar refractivity (Wildman–Crippen MR) is 111 cm³/mol. The second-order valence-corrected chi connectivity index (χ2v) is 6.96. The van der Waals surface area contributed by atoms with Crippen LogP contribution in [0.5, 0.6) is 11.5 Å². The molecule has 0 radical (unpaired) electrons. The molecule has 2 aromatic carbocycles. The van der Waals surface area contributed by atoms with Gasteiger partial charge < -0.3 is 9.47 Å². The Bertz CT molecular complexity index is 1050. The summed E-state index contributed by atoms with van der Waals surface area (Å²) >= 11 is 0. The second kappa shape index (κ2) is 7.91. The largest absolute Gasteiger partial charge is 0.497 e. The summed E-state index contributed by atoms with van der Waals surface area (Å²) in [6.45, 7) is 2.36. The molecule has 0 saturated carbocycles. The number of rotatable bonds is 5. The van der Waals surface area contributed by atoms with Gasteiger partial charge in [0.05, 0.1) is 20.8 Å². The summed E-state index contributed by atoms with van der Waals surface area (Å²) in [4.78, 5) is 24.1. The Balaban J connectivity index is 1.77. The third kappa shape index (κ3) is 3.66. The zero-order chi connectivity index (χ0) is 20.4. The van der Waals surface area contributed by atoms with E-state index < -0.39 is 0 Å². The van der Waals surface area contributed by atoms with Crippen LogP contribution < -0.4 is 14.4 Å². The van der Waals surface area contributed by atoms with E-state index in [9.17, 15) is 4.79 Å². The molecule has 6 heteroatoms. The van der Waals surface area contributed by atoms with Crippen LogP contribution in [0.15, 0.2) is 48.5 Å². The highest BCUT2D eigenvalue weighted by Crippen LogP contribution is 2.33. The highest BCUT2D eigenvalue weighted by molar-refractivity contribution is 5.95. The third-order valence-corrected chi connectivity index (χ3v) is 5.19. The monoisotopic (exact) mass is 389 g/mol. The van der Waals surface area contributed by atoms with Crippen molar-refractivity contribution in [1.82, 2.24) is 9.97 Å². The number of hydrogen-bond donors (Lipinski definition) is 0. The molecule has 148 valence electrons. The lowest BCUT2D eigenvalue weighted by molar-refractivity contribution is -0.119. The molecule has 29 heavy (non-hydrogen) atoms. The second-order valence-electron chi connectivity index (χ2n) is 6.96. The average Bonchev–Trinajstić information content (AvgIpc) is 2.76. The van der Waals surface area contributed by atoms with E-state index in [-0.39, 0.29) is 5.91 Å². The van der Waals surface area contributed by atoms with Gasteiger partial charge in [-0.2, -0.15) is 0 Å². The smallest absolute Gasteiger partial charge is 0.228 e. The quantitative estimate of drug-likeness (QED) is 0.661. The molecule has 1 aliphatic heterocycles. The minimum absolute atomic E-state index is 0.0486. The Morgan fingerprint density at radius 3 is 2.52 bits per heavy atom. The molecule has 2 heterocycles. The van der Waals surface area contributed by atoms with Crippen molar-refractivity contribution in [2.75, 3.05) is 19.1 Å². The maximum atomic E-state index is 12.8. The Morgan fingerprint density at radius 1 is 1.00 bits per heavy atom. The van der Waals surface area contributed by atoms with Crippen LogP contribution in [0.25, 0.3) is 11.4 Å². The fraction of sp³-hybridized carbons (Fsp3) is 0.261. The summed E-state index contributed by atoms with van der Waals surface area (Å²) < 4.78 is 10.8. The number of ether oxygens (including phenoxy) is 2. The van der Waals surface area contributed by atoms with Crippen molar-refractivity contribution in [3.63, 3.8) is 0 Å². The zero-order valence-corrected chi connectivity index (χ0v) is 16.8. The molecule has 4 rings (SSSR count). The first kappa shape index (κ1) is 18.9. The van der Waals surface area contributed by atoms with Gasteiger partial charge in [0.2, 0.25) is 5.91 Å². The van der Waals surface area contributed by atoms with Crippen LogP contribution in [0, 0.1) is 6.92 Å². The summed E-state index contributed by atoms with van der Waals surface area (Å²) in [6, 6.07) is 15.4. The van der Waals surface area contributed by atoms with Crippen LogP contribution in [0.2, 0.25) is 0 Å². The van der Waals surface area contributed by atoms with Crippen molar-refractivity contribution in [1.29, 1.82) is 0 Å². The molecular weight excluding hydrogens is 366 g/mol. The SMILES string of the molecule is COc1ccc(CN2C(=O)CCc3c(C)nc(-c4ccccc4)nc32)c(OC)c1. The highest BCUT2D eigenvalue weighted by atomic mass is 16.5. The van der Waals surface area contributed by atoms with Gasteiger partial charge in [0, 0.05) is 34.9 Å². The van der Waals surface area contributed by atoms with E-state index in [1.54, 1.807) is 19.1 Å². The molecule has 6 nitrogen and oxygen atoms in total. The third-order valence-electron chi connectivity index (χ3n) is 5.19. The molecule has 1 aromatic heterocycles. The number of nitrogens with zero attached hydrogens (tertiary/aromatic N) is 3. The fourth-order valence-electron chi connectivity index (χ4n) is 3.61. The molecule has 0 spiro atoms. The minimum Gasteiger partial charge on any atom is -0.497 e. The molecule has 1 amide bonds. The van der Waals surface area contributed by atoms with E-state index in [2.05, 4.69) is 4.98 Å². The molecule has 0 N–H and O–H groups in total. The van der Waals surface area contributed by atoms with Crippen molar-refractivity contribution in [2.24, 2.45) is 0 Å². The van der Waals surface area contributed by atoms with E-state index in [1.807, 2.05) is 55.5 Å². The molecule has 0 bridgehead atoms. The summed E-state index contributed by atoms with van der Waals surface area (Å²) in [6.07, 6.45) is 1.10. The standard InChI is InChI=1S/C23H23N3O3/c1-15-19-11-12-21(27)26(14-17-9-10-18(28-2)13-20(17)29-3)23(19)25-22(24-15)16-7-5-4-6-8-16/h4-10,13H,11-12,14H2,1-3H3. The number of fused-ring (bicyclic) bond motifs is 1. The number of aromatic nitrogens is 2.